The van der Waals surface area contributed by atoms with Crippen LogP contribution in [0, 0.1) is 11.6 Å². The second-order valence-electron chi connectivity index (χ2n) is 4.78. The number of hydrogen-bond acceptors (Lipinski definition) is 2. The van der Waals surface area contributed by atoms with Crippen LogP contribution in [0.5, 0.6) is 5.75 Å². The summed E-state index contributed by atoms with van der Waals surface area (Å²) in [5, 5.41) is 3.98. The molecule has 0 aliphatic heterocycles. The van der Waals surface area contributed by atoms with Crippen molar-refractivity contribution < 1.29 is 22.3 Å². The average Bonchev–Trinajstić information content (AvgIpc) is 2.98. The van der Waals surface area contributed by atoms with E-state index >= 15 is 0 Å². The Morgan fingerprint density at radius 3 is 2.54 bits per heavy atom. The van der Waals surface area contributed by atoms with Gasteiger partial charge >= 0.3 is 6.61 Å². The number of ether oxygens (including phenoxy) is 1. The van der Waals surface area contributed by atoms with Crippen LogP contribution in [0.15, 0.2) is 48.7 Å². The number of benzene rings is 2. The largest absolute Gasteiger partial charge is 0.435 e. The molecule has 2 aromatic carbocycles. The Bertz CT molecular complexity index is 882. The summed E-state index contributed by atoms with van der Waals surface area (Å²) in [5.41, 5.74) is 1.10. The molecule has 0 aliphatic carbocycles. The summed E-state index contributed by atoms with van der Waals surface area (Å²) in [6, 6.07) is 8.77. The van der Waals surface area contributed by atoms with E-state index in [1.165, 1.54) is 35.1 Å². The Labute approximate surface area is 139 Å². The summed E-state index contributed by atoms with van der Waals surface area (Å²) >= 11 is 5.76. The smallest absolute Gasteiger partial charge is 0.387 e. The van der Waals surface area contributed by atoms with E-state index in [1.54, 1.807) is 6.07 Å². The molecule has 24 heavy (non-hydrogen) atoms. The fourth-order valence-corrected chi connectivity index (χ4v) is 2.40. The highest BCUT2D eigenvalue weighted by Gasteiger charge is 2.13. The van der Waals surface area contributed by atoms with Gasteiger partial charge in [0.2, 0.25) is 0 Å². The summed E-state index contributed by atoms with van der Waals surface area (Å²) in [7, 11) is 0. The van der Waals surface area contributed by atoms with Crippen molar-refractivity contribution in [2.75, 3.05) is 0 Å². The molecule has 1 aromatic heterocycles. The molecule has 0 fully saturated rings. The predicted octanol–water partition coefficient (Wildman–Crippen LogP) is 5.07. The van der Waals surface area contributed by atoms with E-state index in [0.29, 0.717) is 11.4 Å². The van der Waals surface area contributed by atoms with Crippen LogP contribution in [0.25, 0.3) is 16.9 Å². The molecule has 0 aliphatic rings. The van der Waals surface area contributed by atoms with Gasteiger partial charge in [0.1, 0.15) is 17.4 Å². The number of alkyl halides is 2. The zero-order valence-corrected chi connectivity index (χ0v) is 12.6. The molecule has 0 unspecified atom stereocenters. The molecule has 0 atom stereocenters. The molecule has 124 valence electrons. The summed E-state index contributed by atoms with van der Waals surface area (Å²) in [4.78, 5) is 0. The van der Waals surface area contributed by atoms with Crippen molar-refractivity contribution in [1.82, 2.24) is 9.78 Å². The zero-order valence-electron chi connectivity index (χ0n) is 11.9. The fraction of sp³-hybridized carbons (Fsp3) is 0.0625. The van der Waals surface area contributed by atoms with Gasteiger partial charge in [-0.1, -0.05) is 11.6 Å². The molecule has 0 saturated carbocycles. The third-order valence-electron chi connectivity index (χ3n) is 3.18. The van der Waals surface area contributed by atoms with Gasteiger partial charge in [-0.2, -0.15) is 13.9 Å². The standard InChI is InChI=1S/C16H9ClF4N2O/c17-13-8-11(1-2-14(13)19)23-15(3-4-22-23)9-5-10(18)7-12(6-9)24-16(20)21/h1-8,16H. The maximum absolute atomic E-state index is 13.7. The summed E-state index contributed by atoms with van der Waals surface area (Å²) < 4.78 is 57.3. The van der Waals surface area contributed by atoms with Crippen LogP contribution >= 0.6 is 11.6 Å². The Hall–Kier alpha value is -2.54. The molecule has 1 heterocycles. The van der Waals surface area contributed by atoms with Crippen molar-refractivity contribution in [2.24, 2.45) is 0 Å². The van der Waals surface area contributed by atoms with Gasteiger partial charge in [0, 0.05) is 11.6 Å². The van der Waals surface area contributed by atoms with Gasteiger partial charge in [-0.25, -0.2) is 13.5 Å². The third kappa shape index (κ3) is 3.35. The molecule has 8 heteroatoms. The first-order valence-electron chi connectivity index (χ1n) is 6.69. The van der Waals surface area contributed by atoms with Crippen LogP contribution < -0.4 is 4.74 Å². The van der Waals surface area contributed by atoms with Gasteiger partial charge in [0.15, 0.2) is 0 Å². The molecule has 0 saturated heterocycles. The van der Waals surface area contributed by atoms with E-state index in [0.717, 1.165) is 12.1 Å². The second kappa shape index (κ2) is 6.52. The maximum Gasteiger partial charge on any atom is 0.387 e. The lowest BCUT2D eigenvalue weighted by Crippen LogP contribution is -2.03. The van der Waals surface area contributed by atoms with Crippen LogP contribution in [0.4, 0.5) is 17.6 Å². The lowest BCUT2D eigenvalue weighted by Gasteiger charge is -2.11. The Kier molecular flexibility index (Phi) is 4.44. The highest BCUT2D eigenvalue weighted by Crippen LogP contribution is 2.29. The van der Waals surface area contributed by atoms with E-state index < -0.39 is 18.2 Å². The van der Waals surface area contributed by atoms with Gasteiger partial charge < -0.3 is 4.74 Å². The van der Waals surface area contributed by atoms with E-state index in [9.17, 15) is 17.6 Å². The van der Waals surface area contributed by atoms with Crippen molar-refractivity contribution in [3.63, 3.8) is 0 Å². The number of aromatic nitrogens is 2. The lowest BCUT2D eigenvalue weighted by atomic mass is 10.1. The van der Waals surface area contributed by atoms with Gasteiger partial charge in [-0.3, -0.25) is 0 Å². The first-order valence-corrected chi connectivity index (χ1v) is 7.07. The highest BCUT2D eigenvalue weighted by atomic mass is 35.5. The van der Waals surface area contributed by atoms with Gasteiger partial charge in [-0.15, -0.1) is 0 Å². The minimum absolute atomic E-state index is 0.102. The molecular weight excluding hydrogens is 348 g/mol. The van der Waals surface area contributed by atoms with E-state index in [2.05, 4.69) is 9.84 Å². The van der Waals surface area contributed by atoms with Crippen molar-refractivity contribution in [1.29, 1.82) is 0 Å². The fourth-order valence-electron chi connectivity index (χ4n) is 2.23. The van der Waals surface area contributed by atoms with Gasteiger partial charge in [0.05, 0.1) is 22.6 Å². The summed E-state index contributed by atoms with van der Waals surface area (Å²) in [6.45, 7) is -3.07. The van der Waals surface area contributed by atoms with Crippen molar-refractivity contribution in [2.45, 2.75) is 6.61 Å². The zero-order chi connectivity index (χ0) is 17.3. The normalized spacial score (nSPS) is 11.1. The van der Waals surface area contributed by atoms with Crippen molar-refractivity contribution in [3.05, 3.63) is 65.3 Å². The SMILES string of the molecule is Fc1cc(OC(F)F)cc(-c2ccnn2-c2ccc(F)c(Cl)c2)c1. The second-order valence-corrected chi connectivity index (χ2v) is 5.19. The molecule has 0 bridgehead atoms. The van der Waals surface area contributed by atoms with E-state index in [1.807, 2.05) is 0 Å². The number of halogens is 5. The van der Waals surface area contributed by atoms with Gasteiger partial charge in [0.25, 0.3) is 0 Å². The van der Waals surface area contributed by atoms with E-state index in [-0.39, 0.29) is 16.3 Å². The highest BCUT2D eigenvalue weighted by molar-refractivity contribution is 6.30. The molecule has 3 aromatic rings. The van der Waals surface area contributed by atoms with Gasteiger partial charge in [-0.05, 0) is 36.4 Å². The minimum atomic E-state index is -3.07. The summed E-state index contributed by atoms with van der Waals surface area (Å²) in [5.74, 6) is -1.65. The molecule has 0 radical (unpaired) electrons. The monoisotopic (exact) mass is 356 g/mol. The Morgan fingerprint density at radius 2 is 1.83 bits per heavy atom. The van der Waals surface area contributed by atoms with Crippen LogP contribution in [0.3, 0.4) is 0 Å². The first kappa shape index (κ1) is 16.3. The average molecular weight is 357 g/mol. The molecular formula is C16H9ClF4N2O. The molecule has 0 spiro atoms. The molecule has 0 amide bonds. The Morgan fingerprint density at radius 1 is 1.04 bits per heavy atom. The molecule has 0 N–H and O–H groups in total. The first-order chi connectivity index (χ1) is 11.4. The Balaban J connectivity index is 2.07. The predicted molar refractivity (Wildman–Crippen MR) is 80.6 cm³/mol. The van der Waals surface area contributed by atoms with Crippen molar-refractivity contribution in [3.8, 4) is 22.7 Å². The number of hydrogen-bond donors (Lipinski definition) is 0. The van der Waals surface area contributed by atoms with E-state index in [4.69, 9.17) is 11.6 Å². The quantitative estimate of drug-likeness (QED) is 0.610. The summed E-state index contributed by atoms with van der Waals surface area (Å²) in [6.07, 6.45) is 1.44. The third-order valence-corrected chi connectivity index (χ3v) is 3.47. The maximum atomic E-state index is 13.7. The lowest BCUT2D eigenvalue weighted by molar-refractivity contribution is -0.0499. The van der Waals surface area contributed by atoms with Crippen LogP contribution in [-0.4, -0.2) is 16.4 Å². The van der Waals surface area contributed by atoms with Crippen LogP contribution in [-0.2, 0) is 0 Å². The number of rotatable bonds is 4. The van der Waals surface area contributed by atoms with Crippen LogP contribution in [0.1, 0.15) is 0 Å². The topological polar surface area (TPSA) is 27.1 Å². The minimum Gasteiger partial charge on any atom is -0.435 e. The molecule has 3 nitrogen and oxygen atoms in total. The molecule has 3 rings (SSSR count). The van der Waals surface area contributed by atoms with Crippen molar-refractivity contribution >= 4 is 11.6 Å². The van der Waals surface area contributed by atoms with Crippen LogP contribution in [0.2, 0.25) is 5.02 Å². The number of nitrogens with zero attached hydrogens (tertiary/aromatic N) is 2.